The van der Waals surface area contributed by atoms with Gasteiger partial charge in [0.2, 0.25) is 5.91 Å². The van der Waals surface area contributed by atoms with Crippen LogP contribution in [0.4, 0.5) is 0 Å². The molecule has 2 aromatic rings. The lowest BCUT2D eigenvalue weighted by molar-refractivity contribution is -0.123. The van der Waals surface area contributed by atoms with Crippen LogP contribution in [0.1, 0.15) is 46.5 Å². The van der Waals surface area contributed by atoms with Gasteiger partial charge in [0, 0.05) is 12.0 Å². The highest BCUT2D eigenvalue weighted by Crippen LogP contribution is 2.39. The van der Waals surface area contributed by atoms with Gasteiger partial charge in [-0.2, -0.15) is 0 Å². The van der Waals surface area contributed by atoms with E-state index < -0.39 is 8.32 Å². The highest BCUT2D eigenvalue weighted by Gasteiger charge is 2.51. The third-order valence-corrected chi connectivity index (χ3v) is 10.9. The minimum Gasteiger partial charge on any atom is -0.404 e. The average Bonchev–Trinajstić information content (AvgIpc) is 2.66. The zero-order valence-electron chi connectivity index (χ0n) is 16.7. The van der Waals surface area contributed by atoms with Gasteiger partial charge in [-0.15, -0.1) is 0 Å². The van der Waals surface area contributed by atoms with E-state index in [1.165, 1.54) is 10.4 Å². The number of amides is 1. The van der Waals surface area contributed by atoms with E-state index in [1.54, 1.807) is 0 Å². The molecule has 0 aromatic heterocycles. The lowest BCUT2D eigenvalue weighted by Gasteiger charge is -2.46. The fourth-order valence-electron chi connectivity index (χ4n) is 4.45. The van der Waals surface area contributed by atoms with Gasteiger partial charge in [0.1, 0.15) is 0 Å². The summed E-state index contributed by atoms with van der Waals surface area (Å²) in [6.45, 7) is 6.86. The highest BCUT2D eigenvalue weighted by molar-refractivity contribution is 6.99. The van der Waals surface area contributed by atoms with Gasteiger partial charge in [0.15, 0.2) is 0 Å². The molecule has 2 aromatic carbocycles. The highest BCUT2D eigenvalue weighted by atomic mass is 28.4. The summed E-state index contributed by atoms with van der Waals surface area (Å²) in [5.41, 5.74) is 5.62. The average molecular weight is 382 g/mol. The van der Waals surface area contributed by atoms with Gasteiger partial charge >= 0.3 is 0 Å². The van der Waals surface area contributed by atoms with Crippen LogP contribution in [0, 0.1) is 5.92 Å². The molecular weight excluding hydrogens is 350 g/mol. The largest absolute Gasteiger partial charge is 0.404 e. The van der Waals surface area contributed by atoms with Crippen LogP contribution in [0.3, 0.4) is 0 Å². The summed E-state index contributed by atoms with van der Waals surface area (Å²) in [4.78, 5) is 11.8. The molecule has 4 heteroatoms. The second-order valence-corrected chi connectivity index (χ2v) is 12.9. The molecule has 0 radical (unpaired) electrons. The monoisotopic (exact) mass is 381 g/mol. The fraction of sp³-hybridized carbons (Fsp3) is 0.435. The van der Waals surface area contributed by atoms with E-state index in [4.69, 9.17) is 10.2 Å². The number of hydrogen-bond acceptors (Lipinski definition) is 2. The smallest absolute Gasteiger partial charge is 0.261 e. The van der Waals surface area contributed by atoms with Crippen molar-refractivity contribution in [3.63, 3.8) is 0 Å². The number of carbonyl (C=O) groups excluding carboxylic acids is 1. The number of hydrogen-bond donors (Lipinski definition) is 1. The second-order valence-electron chi connectivity index (χ2n) is 8.67. The van der Waals surface area contributed by atoms with Crippen LogP contribution >= 0.6 is 0 Å². The normalized spacial score (nSPS) is 21.0. The predicted molar refractivity (Wildman–Crippen MR) is 114 cm³/mol. The van der Waals surface area contributed by atoms with Gasteiger partial charge in [-0.05, 0) is 34.7 Å². The van der Waals surface area contributed by atoms with Crippen molar-refractivity contribution in [2.24, 2.45) is 11.7 Å². The summed E-state index contributed by atoms with van der Waals surface area (Å²) >= 11 is 0. The molecule has 0 aliphatic heterocycles. The van der Waals surface area contributed by atoms with E-state index in [0.29, 0.717) is 0 Å². The van der Waals surface area contributed by atoms with Crippen molar-refractivity contribution in [2.75, 3.05) is 0 Å². The Balaban J connectivity index is 2.08. The van der Waals surface area contributed by atoms with Gasteiger partial charge in [-0.1, -0.05) is 87.9 Å². The van der Waals surface area contributed by atoms with Gasteiger partial charge in [-0.3, -0.25) is 4.79 Å². The first-order valence-corrected chi connectivity index (χ1v) is 11.8. The first kappa shape index (κ1) is 19.8. The molecule has 1 aliphatic carbocycles. The molecule has 27 heavy (non-hydrogen) atoms. The maximum atomic E-state index is 11.8. The van der Waals surface area contributed by atoms with Crippen molar-refractivity contribution in [1.82, 2.24) is 0 Å². The van der Waals surface area contributed by atoms with Gasteiger partial charge in [0.05, 0.1) is 0 Å². The van der Waals surface area contributed by atoms with E-state index in [1.807, 2.05) is 0 Å². The summed E-state index contributed by atoms with van der Waals surface area (Å²) in [5.74, 6) is -0.257. The third kappa shape index (κ3) is 4.02. The Hall–Kier alpha value is -1.91. The number of rotatable bonds is 5. The molecule has 1 saturated carbocycles. The van der Waals surface area contributed by atoms with Crippen molar-refractivity contribution in [3.05, 3.63) is 60.7 Å². The maximum absolute atomic E-state index is 11.8. The molecule has 2 N–H and O–H groups in total. The summed E-state index contributed by atoms with van der Waals surface area (Å²) in [6, 6.07) is 21.3. The van der Waals surface area contributed by atoms with Gasteiger partial charge in [0.25, 0.3) is 8.32 Å². The zero-order valence-corrected chi connectivity index (χ0v) is 17.7. The van der Waals surface area contributed by atoms with E-state index in [2.05, 4.69) is 81.4 Å². The molecule has 3 rings (SSSR count). The second kappa shape index (κ2) is 7.99. The topological polar surface area (TPSA) is 52.3 Å². The Morgan fingerprint density at radius 2 is 1.48 bits per heavy atom. The van der Waals surface area contributed by atoms with E-state index in [0.717, 1.165) is 25.7 Å². The van der Waals surface area contributed by atoms with Gasteiger partial charge in [-0.25, -0.2) is 0 Å². The molecule has 1 aliphatic rings. The quantitative estimate of drug-likeness (QED) is 0.805. The SMILES string of the molecule is CC(C)(C)[Si](O[C@@H]1CCC[C@H](C(N)=O)C1)(c1ccccc1)c1ccccc1. The van der Waals surface area contributed by atoms with Crippen molar-refractivity contribution in [3.8, 4) is 0 Å². The van der Waals surface area contributed by atoms with Crippen molar-refractivity contribution >= 4 is 24.6 Å². The van der Waals surface area contributed by atoms with E-state index >= 15 is 0 Å². The van der Waals surface area contributed by atoms with Crippen LogP contribution in [0.25, 0.3) is 0 Å². The lowest BCUT2D eigenvalue weighted by Crippen LogP contribution is -2.68. The van der Waals surface area contributed by atoms with Crippen molar-refractivity contribution in [2.45, 2.75) is 57.6 Å². The molecular formula is C23H31NO2Si. The third-order valence-electron chi connectivity index (χ3n) is 5.79. The van der Waals surface area contributed by atoms with Crippen LogP contribution in [0.15, 0.2) is 60.7 Å². The van der Waals surface area contributed by atoms with E-state index in [-0.39, 0.29) is 23.0 Å². The minimum atomic E-state index is -2.55. The summed E-state index contributed by atoms with van der Waals surface area (Å²) < 4.78 is 7.13. The molecule has 0 saturated heterocycles. The summed E-state index contributed by atoms with van der Waals surface area (Å²) in [6.07, 6.45) is 3.68. The summed E-state index contributed by atoms with van der Waals surface area (Å²) in [5, 5.41) is 2.52. The fourth-order valence-corrected chi connectivity index (χ4v) is 9.18. The molecule has 1 fully saturated rings. The Morgan fingerprint density at radius 1 is 0.963 bits per heavy atom. The molecule has 2 atom stereocenters. The molecule has 3 nitrogen and oxygen atoms in total. The summed E-state index contributed by atoms with van der Waals surface area (Å²) in [7, 11) is -2.55. The Kier molecular flexibility index (Phi) is 5.87. The number of benzene rings is 2. The van der Waals surface area contributed by atoms with Crippen LogP contribution in [-0.4, -0.2) is 20.3 Å². The Labute approximate surface area is 164 Å². The Bertz CT molecular complexity index is 715. The molecule has 0 spiro atoms. The molecule has 0 heterocycles. The van der Waals surface area contributed by atoms with Gasteiger partial charge < -0.3 is 10.2 Å². The number of carbonyl (C=O) groups is 1. The maximum Gasteiger partial charge on any atom is 0.261 e. The predicted octanol–water partition coefficient (Wildman–Crippen LogP) is 3.61. The first-order chi connectivity index (χ1) is 12.8. The Morgan fingerprint density at radius 3 is 1.93 bits per heavy atom. The standard InChI is InChI=1S/C23H31NO2Si/c1-23(2,3)27(20-13-6-4-7-14-20,21-15-8-5-9-16-21)26-19-12-10-11-18(17-19)22(24)25/h4-9,13-16,18-19H,10-12,17H2,1-3H3,(H2,24,25)/t18-,19+/m0/s1. The van der Waals surface area contributed by atoms with Crippen molar-refractivity contribution < 1.29 is 9.22 Å². The van der Waals surface area contributed by atoms with Crippen LogP contribution in [0.2, 0.25) is 5.04 Å². The zero-order chi connectivity index (χ0) is 19.5. The van der Waals surface area contributed by atoms with Crippen molar-refractivity contribution in [1.29, 1.82) is 0 Å². The first-order valence-electron chi connectivity index (χ1n) is 9.93. The van der Waals surface area contributed by atoms with Crippen LogP contribution in [0.5, 0.6) is 0 Å². The number of primary amides is 1. The molecule has 1 amide bonds. The van der Waals surface area contributed by atoms with Crippen LogP contribution < -0.4 is 16.1 Å². The van der Waals surface area contributed by atoms with Crippen LogP contribution in [-0.2, 0) is 9.22 Å². The number of nitrogens with two attached hydrogens (primary N) is 1. The molecule has 0 bridgehead atoms. The molecule has 0 unspecified atom stereocenters. The lowest BCUT2D eigenvalue weighted by atomic mass is 9.87. The minimum absolute atomic E-state index is 0.0463. The molecule has 144 valence electrons. The van der Waals surface area contributed by atoms with E-state index in [9.17, 15) is 4.79 Å².